The van der Waals surface area contributed by atoms with Crippen LogP contribution in [0.1, 0.15) is 80.6 Å². The number of para-hydroxylation sites is 1. The Morgan fingerprint density at radius 3 is 1.52 bits per heavy atom. The summed E-state index contributed by atoms with van der Waals surface area (Å²) in [5.74, 6) is 6.50. The number of hydrogen-bond donors (Lipinski definition) is 2. The van der Waals surface area contributed by atoms with Gasteiger partial charge in [0.05, 0.1) is 10.6 Å². The van der Waals surface area contributed by atoms with E-state index in [9.17, 15) is 14.8 Å². The number of phenols is 2. The van der Waals surface area contributed by atoms with Crippen LogP contribution in [0.15, 0.2) is 152 Å². The van der Waals surface area contributed by atoms with Crippen molar-refractivity contribution < 1.29 is 43.0 Å². The molecule has 1 aliphatic heterocycles. The van der Waals surface area contributed by atoms with Gasteiger partial charge in [-0.1, -0.05) is 60.7 Å². The maximum Gasteiger partial charge on any atom is 0.311 e. The molecule has 0 radical (unpaired) electrons. The molecule has 10 heteroatoms. The van der Waals surface area contributed by atoms with Gasteiger partial charge >= 0.3 is 7.37 Å². The topological polar surface area (TPSA) is 113 Å². The van der Waals surface area contributed by atoms with Gasteiger partial charge in [0, 0.05) is 12.0 Å². The van der Waals surface area contributed by atoms with Crippen LogP contribution in [-0.2, 0) is 17.6 Å². The molecule has 2 N–H and O–H groups in total. The van der Waals surface area contributed by atoms with Crippen molar-refractivity contribution in [2.75, 3.05) is 0 Å². The van der Waals surface area contributed by atoms with Crippen LogP contribution in [0.5, 0.6) is 63.2 Å². The molecule has 9 aromatic rings. The fourth-order valence-corrected chi connectivity index (χ4v) is 13.1. The Morgan fingerprint density at radius 1 is 0.456 bits per heavy atom. The van der Waals surface area contributed by atoms with Crippen molar-refractivity contribution in [2.24, 2.45) is 0 Å². The second-order valence-electron chi connectivity index (χ2n) is 21.7. The quantitative estimate of drug-likeness (QED) is 0.0969. The lowest BCUT2D eigenvalue weighted by Gasteiger charge is -2.29. The summed E-state index contributed by atoms with van der Waals surface area (Å²) in [4.78, 5) is 0. The summed E-state index contributed by atoms with van der Waals surface area (Å²) in [7, 11) is -3.71. The first-order chi connectivity index (χ1) is 37.7. The monoisotopic (exact) mass is 1070 g/mol. The number of phenolic OH excluding ortho intramolecular Hbond substituents is 2. The summed E-state index contributed by atoms with van der Waals surface area (Å²) in [6, 6.07) is 47.7. The second-order valence-corrected chi connectivity index (χ2v) is 23.9. The molecule has 1 atom stereocenters. The van der Waals surface area contributed by atoms with Crippen LogP contribution in [0.2, 0.25) is 0 Å². The van der Waals surface area contributed by atoms with Gasteiger partial charge in [0.25, 0.3) is 0 Å². The van der Waals surface area contributed by atoms with Crippen molar-refractivity contribution in [1.29, 1.82) is 0 Å². The minimum Gasteiger partial charge on any atom is -0.508 e. The average Bonchev–Trinajstić information content (AvgIpc) is 3.59. The van der Waals surface area contributed by atoms with Crippen LogP contribution < -0.4 is 38.8 Å². The molecule has 9 nitrogen and oxygen atoms in total. The Kier molecular flexibility index (Phi) is 14.7. The fourth-order valence-electron chi connectivity index (χ4n) is 10.7. The molecule has 0 fully saturated rings. The molecule has 0 aliphatic carbocycles. The van der Waals surface area contributed by atoms with Crippen molar-refractivity contribution in [2.45, 2.75) is 102 Å². The van der Waals surface area contributed by atoms with Gasteiger partial charge in [-0.15, -0.1) is 0 Å². The fraction of sp³-hybridized carbons (Fsp3) is 0.217. The molecule has 0 saturated heterocycles. The molecule has 1 heterocycles. The van der Waals surface area contributed by atoms with Gasteiger partial charge < -0.3 is 38.4 Å². The van der Waals surface area contributed by atoms with Gasteiger partial charge in [-0.25, -0.2) is 0 Å². The Bertz CT molecular complexity index is 3830. The zero-order valence-electron chi connectivity index (χ0n) is 47.0. The standard InChI is InChI=1S/C69H67O9P/c1-40-31-55(32-41(2)65(40)71)75-67-44(5)35-59(46(7)48(67)9)60-36-45(6)68(49(10)47(60)8)76-56-33-42(3)66(43(4)34-56)77-69(11,12)38-50-21-26-53(27-22-50)74-54-28-23-51(24-29-54)39-73-62-30-25-52(70)37-64(62)79(72)63-20-16-14-18-58(63)57-17-13-15-19-61(57)78-79/h13-37,70-71H,38-39H2,1-12H3. The first kappa shape index (κ1) is 54.0. The summed E-state index contributed by atoms with van der Waals surface area (Å²) >= 11 is 0. The van der Waals surface area contributed by atoms with Crippen LogP contribution in [0.25, 0.3) is 22.3 Å². The summed E-state index contributed by atoms with van der Waals surface area (Å²) in [5, 5.41) is 21.8. The van der Waals surface area contributed by atoms with Crippen molar-refractivity contribution in [3.8, 4) is 85.5 Å². The molecule has 0 bridgehead atoms. The Morgan fingerprint density at radius 2 is 0.949 bits per heavy atom. The van der Waals surface area contributed by atoms with E-state index in [1.807, 2.05) is 111 Å². The van der Waals surface area contributed by atoms with Crippen LogP contribution >= 0.6 is 7.37 Å². The number of rotatable bonds is 15. The van der Waals surface area contributed by atoms with Crippen LogP contribution in [0, 0.1) is 69.2 Å². The number of aryl methyl sites for hydroxylation is 6. The molecular formula is C69H67O9P. The summed E-state index contributed by atoms with van der Waals surface area (Å²) in [6.07, 6.45) is 0.666. The highest BCUT2D eigenvalue weighted by molar-refractivity contribution is 7.75. The average molecular weight is 1070 g/mol. The summed E-state index contributed by atoms with van der Waals surface area (Å²) < 4.78 is 53.9. The van der Waals surface area contributed by atoms with Crippen LogP contribution in [0.3, 0.4) is 0 Å². The maximum atomic E-state index is 14.9. The van der Waals surface area contributed by atoms with E-state index in [0.717, 1.165) is 112 Å². The number of benzene rings is 9. The lowest BCUT2D eigenvalue weighted by Crippen LogP contribution is -2.31. The van der Waals surface area contributed by atoms with Crippen LogP contribution in [0.4, 0.5) is 0 Å². The molecule has 402 valence electrons. The van der Waals surface area contributed by atoms with E-state index < -0.39 is 13.0 Å². The van der Waals surface area contributed by atoms with E-state index in [-0.39, 0.29) is 12.4 Å². The van der Waals surface area contributed by atoms with Crippen LogP contribution in [-0.4, -0.2) is 15.8 Å². The van der Waals surface area contributed by atoms with Gasteiger partial charge in [-0.3, -0.25) is 4.57 Å². The lowest BCUT2D eigenvalue weighted by molar-refractivity contribution is 0.108. The largest absolute Gasteiger partial charge is 0.508 e. The van der Waals surface area contributed by atoms with Crippen molar-refractivity contribution >= 4 is 18.0 Å². The molecule has 0 saturated carbocycles. The van der Waals surface area contributed by atoms with E-state index in [4.69, 9.17) is 28.2 Å². The molecule has 10 rings (SSSR count). The number of aromatic hydroxyl groups is 2. The smallest absolute Gasteiger partial charge is 0.311 e. The Hall–Kier alpha value is -8.39. The molecule has 1 unspecified atom stereocenters. The summed E-state index contributed by atoms with van der Waals surface area (Å²) in [5.41, 5.74) is 15.6. The van der Waals surface area contributed by atoms with E-state index in [0.29, 0.717) is 51.5 Å². The first-order valence-corrected chi connectivity index (χ1v) is 28.3. The SMILES string of the molecule is Cc1cc(Oc2c(C)cc(-c3cc(C)c(Oc4cc(C)c(OC(C)(C)Cc5ccc(Oc6ccc(COc7ccc(O)cc7P7(=O)Oc8ccccc8-c8ccccc87)cc6)cc5)c(C)c4)c(C)c3C)c(C)c2C)cc(C)c1O. The second kappa shape index (κ2) is 21.4. The Balaban J connectivity index is 0.763. The highest BCUT2D eigenvalue weighted by Gasteiger charge is 2.40. The third-order valence-electron chi connectivity index (χ3n) is 15.1. The predicted octanol–water partition coefficient (Wildman–Crippen LogP) is 17.5. The minimum absolute atomic E-state index is 0.0340. The lowest BCUT2D eigenvalue weighted by atomic mass is 9.88. The molecule has 79 heavy (non-hydrogen) atoms. The first-order valence-electron chi connectivity index (χ1n) is 26.6. The number of ether oxygens (including phenoxy) is 5. The summed E-state index contributed by atoms with van der Waals surface area (Å²) in [6.45, 7) is 25.1. The van der Waals surface area contributed by atoms with E-state index in [1.165, 1.54) is 12.1 Å². The number of hydrogen-bond acceptors (Lipinski definition) is 9. The third kappa shape index (κ3) is 10.9. The predicted molar refractivity (Wildman–Crippen MR) is 317 cm³/mol. The third-order valence-corrected chi connectivity index (χ3v) is 17.5. The van der Waals surface area contributed by atoms with Gasteiger partial charge in [0.2, 0.25) is 0 Å². The normalized spacial score (nSPS) is 13.7. The van der Waals surface area contributed by atoms with Crippen molar-refractivity contribution in [1.82, 2.24) is 0 Å². The number of fused-ring (bicyclic) bond motifs is 3. The highest BCUT2D eigenvalue weighted by atomic mass is 31.2. The van der Waals surface area contributed by atoms with E-state index >= 15 is 0 Å². The zero-order valence-corrected chi connectivity index (χ0v) is 47.9. The zero-order chi connectivity index (χ0) is 56.1. The van der Waals surface area contributed by atoms with Gasteiger partial charge in [-0.2, -0.15) is 0 Å². The molecule has 1 aliphatic rings. The Labute approximate surface area is 464 Å². The van der Waals surface area contributed by atoms with Gasteiger partial charge in [0.1, 0.15) is 75.5 Å². The minimum atomic E-state index is -3.71. The molecule has 0 aromatic heterocycles. The van der Waals surface area contributed by atoms with Crippen molar-refractivity contribution in [3.05, 3.63) is 218 Å². The van der Waals surface area contributed by atoms with Gasteiger partial charge in [0.15, 0.2) is 0 Å². The van der Waals surface area contributed by atoms with Gasteiger partial charge in [-0.05, 0) is 258 Å². The highest BCUT2D eigenvalue weighted by Crippen LogP contribution is 2.56. The van der Waals surface area contributed by atoms with E-state index in [1.54, 1.807) is 6.07 Å². The molecule has 0 spiro atoms. The maximum absolute atomic E-state index is 14.9. The molecule has 9 aromatic carbocycles. The molecular weight excluding hydrogens is 1000 g/mol. The van der Waals surface area contributed by atoms with E-state index in [2.05, 4.69) is 106 Å². The van der Waals surface area contributed by atoms with Crippen molar-refractivity contribution in [3.63, 3.8) is 0 Å². The molecule has 0 amide bonds.